The molecule has 1 saturated heterocycles. The molecule has 1 fully saturated rings. The van der Waals surface area contributed by atoms with Crippen molar-refractivity contribution in [2.24, 2.45) is 5.92 Å². The highest BCUT2D eigenvalue weighted by Crippen LogP contribution is 2.33. The molecule has 2 atom stereocenters. The molecule has 3 rings (SSSR count). The number of rotatable bonds is 5. The van der Waals surface area contributed by atoms with Crippen LogP contribution >= 0.6 is 0 Å². The Balaban J connectivity index is 1.66. The summed E-state index contributed by atoms with van der Waals surface area (Å²) in [5.41, 5.74) is 2.43. The van der Waals surface area contributed by atoms with Crippen LogP contribution in [-0.2, 0) is 4.79 Å². The van der Waals surface area contributed by atoms with E-state index in [0.717, 1.165) is 18.4 Å². The van der Waals surface area contributed by atoms with E-state index in [1.807, 2.05) is 15.8 Å². The lowest BCUT2D eigenvalue weighted by Crippen LogP contribution is -2.29. The van der Waals surface area contributed by atoms with Gasteiger partial charge in [-0.3, -0.25) is 9.48 Å². The van der Waals surface area contributed by atoms with Crippen LogP contribution in [0.3, 0.4) is 0 Å². The van der Waals surface area contributed by atoms with Crippen molar-refractivity contribution in [3.8, 4) is 0 Å². The highest BCUT2D eigenvalue weighted by molar-refractivity contribution is 5.79. The molecule has 0 saturated carbocycles. The van der Waals surface area contributed by atoms with E-state index in [4.69, 9.17) is 0 Å². The van der Waals surface area contributed by atoms with Crippen LogP contribution in [-0.4, -0.2) is 45.4 Å². The first-order valence-corrected chi connectivity index (χ1v) is 9.19. The molecular formula is C19H29N3O2. The Labute approximate surface area is 144 Å². The van der Waals surface area contributed by atoms with Crippen LogP contribution < -0.4 is 0 Å². The number of hydrogen-bond acceptors (Lipinski definition) is 3. The fourth-order valence-electron chi connectivity index (χ4n) is 3.84. The van der Waals surface area contributed by atoms with E-state index in [9.17, 15) is 9.90 Å². The molecular weight excluding hydrogens is 302 g/mol. The minimum Gasteiger partial charge on any atom is -0.396 e. The van der Waals surface area contributed by atoms with E-state index in [2.05, 4.69) is 31.2 Å². The van der Waals surface area contributed by atoms with E-state index in [1.165, 1.54) is 18.4 Å². The minimum absolute atomic E-state index is 0.110. The van der Waals surface area contributed by atoms with Crippen LogP contribution in [0, 0.1) is 5.92 Å². The average molecular weight is 331 g/mol. The Morgan fingerprint density at radius 2 is 2.21 bits per heavy atom. The van der Waals surface area contributed by atoms with Gasteiger partial charge in [-0.1, -0.05) is 11.6 Å². The third-order valence-corrected chi connectivity index (χ3v) is 5.37. The predicted molar refractivity (Wildman–Crippen MR) is 93.7 cm³/mol. The number of allylic oxidation sites excluding steroid dienone is 1. The van der Waals surface area contributed by atoms with Gasteiger partial charge in [-0.2, -0.15) is 5.10 Å². The van der Waals surface area contributed by atoms with Gasteiger partial charge in [-0.05, 0) is 45.1 Å². The third-order valence-electron chi connectivity index (χ3n) is 5.37. The monoisotopic (exact) mass is 331 g/mol. The predicted octanol–water partition coefficient (Wildman–Crippen LogP) is 2.89. The maximum absolute atomic E-state index is 12.6. The SMILES string of the molecule is CC(C)n1cc([C@@H]2CN(C(=O)CC3=CCCCC3)C[C@H]2CO)cn1. The van der Waals surface area contributed by atoms with Crippen LogP contribution in [0.25, 0.3) is 0 Å². The number of nitrogens with zero attached hydrogens (tertiary/aromatic N) is 3. The Morgan fingerprint density at radius 3 is 2.83 bits per heavy atom. The van der Waals surface area contributed by atoms with Gasteiger partial charge in [-0.25, -0.2) is 0 Å². The summed E-state index contributed by atoms with van der Waals surface area (Å²) < 4.78 is 1.95. The minimum atomic E-state index is 0.110. The zero-order valence-electron chi connectivity index (χ0n) is 14.8. The fourth-order valence-corrected chi connectivity index (χ4v) is 3.84. The van der Waals surface area contributed by atoms with Gasteiger partial charge in [-0.15, -0.1) is 0 Å². The molecule has 0 unspecified atom stereocenters. The Morgan fingerprint density at radius 1 is 1.38 bits per heavy atom. The molecule has 0 spiro atoms. The van der Waals surface area contributed by atoms with Crippen molar-refractivity contribution < 1.29 is 9.90 Å². The molecule has 2 aliphatic rings. The van der Waals surface area contributed by atoms with E-state index < -0.39 is 0 Å². The summed E-state index contributed by atoms with van der Waals surface area (Å²) >= 11 is 0. The highest BCUT2D eigenvalue weighted by Gasteiger charge is 2.36. The van der Waals surface area contributed by atoms with Gasteiger partial charge in [0, 0.05) is 50.2 Å². The first-order chi connectivity index (χ1) is 11.6. The number of aliphatic hydroxyl groups is 1. The van der Waals surface area contributed by atoms with E-state index >= 15 is 0 Å². The van der Waals surface area contributed by atoms with Crippen LogP contribution in [0.1, 0.15) is 63.5 Å². The maximum atomic E-state index is 12.6. The molecule has 2 heterocycles. The lowest BCUT2D eigenvalue weighted by atomic mass is 9.92. The van der Waals surface area contributed by atoms with E-state index in [0.29, 0.717) is 25.6 Å². The van der Waals surface area contributed by atoms with Crippen molar-refractivity contribution in [2.45, 2.75) is 57.9 Å². The zero-order chi connectivity index (χ0) is 17.1. The number of carbonyl (C=O) groups excluding carboxylic acids is 1. The number of aromatic nitrogens is 2. The van der Waals surface area contributed by atoms with Gasteiger partial charge in [0.2, 0.25) is 5.91 Å². The Hall–Kier alpha value is -1.62. The van der Waals surface area contributed by atoms with Crippen molar-refractivity contribution in [3.05, 3.63) is 29.6 Å². The van der Waals surface area contributed by atoms with Crippen molar-refractivity contribution in [1.82, 2.24) is 14.7 Å². The smallest absolute Gasteiger partial charge is 0.226 e. The molecule has 0 bridgehead atoms. The summed E-state index contributed by atoms with van der Waals surface area (Å²) in [6, 6.07) is 0.323. The van der Waals surface area contributed by atoms with Gasteiger partial charge in [0.05, 0.1) is 6.20 Å². The van der Waals surface area contributed by atoms with Gasteiger partial charge in [0.15, 0.2) is 0 Å². The summed E-state index contributed by atoms with van der Waals surface area (Å²) in [7, 11) is 0. The highest BCUT2D eigenvalue weighted by atomic mass is 16.3. The number of hydrogen-bond donors (Lipinski definition) is 1. The molecule has 1 aromatic heterocycles. The molecule has 1 amide bonds. The van der Waals surface area contributed by atoms with E-state index in [-0.39, 0.29) is 24.3 Å². The number of amides is 1. The quantitative estimate of drug-likeness (QED) is 0.844. The second kappa shape index (κ2) is 7.51. The Bertz CT molecular complexity index is 606. The van der Waals surface area contributed by atoms with Crippen molar-refractivity contribution >= 4 is 5.91 Å². The van der Waals surface area contributed by atoms with Crippen LogP contribution in [0.2, 0.25) is 0 Å². The Kier molecular flexibility index (Phi) is 5.39. The van der Waals surface area contributed by atoms with Gasteiger partial charge < -0.3 is 10.0 Å². The van der Waals surface area contributed by atoms with E-state index in [1.54, 1.807) is 0 Å². The molecule has 5 heteroatoms. The maximum Gasteiger partial charge on any atom is 0.226 e. The van der Waals surface area contributed by atoms with Crippen LogP contribution in [0.15, 0.2) is 24.0 Å². The molecule has 132 valence electrons. The fraction of sp³-hybridized carbons (Fsp3) is 0.684. The second-order valence-electron chi connectivity index (χ2n) is 7.48. The molecule has 0 aromatic carbocycles. The third kappa shape index (κ3) is 3.72. The van der Waals surface area contributed by atoms with Gasteiger partial charge in [0.1, 0.15) is 0 Å². The van der Waals surface area contributed by atoms with Crippen molar-refractivity contribution in [3.63, 3.8) is 0 Å². The summed E-state index contributed by atoms with van der Waals surface area (Å²) in [6.07, 6.45) is 11.4. The topological polar surface area (TPSA) is 58.4 Å². The second-order valence-corrected chi connectivity index (χ2v) is 7.48. The molecule has 1 aliphatic heterocycles. The van der Waals surface area contributed by atoms with Gasteiger partial charge in [0.25, 0.3) is 0 Å². The summed E-state index contributed by atoms with van der Waals surface area (Å²) in [4.78, 5) is 14.6. The van der Waals surface area contributed by atoms with Crippen molar-refractivity contribution in [1.29, 1.82) is 0 Å². The molecule has 1 aromatic rings. The lowest BCUT2D eigenvalue weighted by molar-refractivity contribution is -0.129. The molecule has 0 radical (unpaired) electrons. The molecule has 5 nitrogen and oxygen atoms in total. The van der Waals surface area contributed by atoms with Gasteiger partial charge >= 0.3 is 0 Å². The number of likely N-dealkylation sites (tertiary alicyclic amines) is 1. The average Bonchev–Trinajstić information content (AvgIpc) is 3.22. The first-order valence-electron chi connectivity index (χ1n) is 9.19. The first kappa shape index (κ1) is 17.2. The lowest BCUT2D eigenvalue weighted by Gasteiger charge is -2.19. The zero-order valence-corrected chi connectivity index (χ0v) is 14.8. The molecule has 24 heavy (non-hydrogen) atoms. The normalized spacial score (nSPS) is 24.5. The largest absolute Gasteiger partial charge is 0.396 e. The molecule has 1 N–H and O–H groups in total. The van der Waals surface area contributed by atoms with Crippen LogP contribution in [0.4, 0.5) is 0 Å². The summed E-state index contributed by atoms with van der Waals surface area (Å²) in [5, 5.41) is 14.2. The number of aliphatic hydroxyl groups excluding tert-OH is 1. The summed E-state index contributed by atoms with van der Waals surface area (Å²) in [6.45, 7) is 5.66. The molecule has 1 aliphatic carbocycles. The van der Waals surface area contributed by atoms with Crippen LogP contribution in [0.5, 0.6) is 0 Å². The standard InChI is InChI=1S/C19H29N3O2/c1-14(2)22-11-16(9-20-22)18-12-21(10-17(18)13-23)19(24)8-15-6-4-3-5-7-15/h6,9,11,14,17-18,23H,3-5,7-8,10,12-13H2,1-2H3/t17-,18-/m0/s1. The summed E-state index contributed by atoms with van der Waals surface area (Å²) in [5.74, 6) is 0.506. The number of carbonyl (C=O) groups is 1. The van der Waals surface area contributed by atoms with Crippen molar-refractivity contribution in [2.75, 3.05) is 19.7 Å².